The quantitative estimate of drug-likeness (QED) is 0.372. The first-order valence-corrected chi connectivity index (χ1v) is 12.7. The van der Waals surface area contributed by atoms with E-state index in [1.807, 2.05) is 0 Å². The molecule has 1 aromatic heterocycles. The van der Waals surface area contributed by atoms with E-state index in [1.165, 1.54) is 11.1 Å². The first kappa shape index (κ1) is 30.3. The smallest absolute Gasteiger partial charge is 0.414 e. The number of alkyl carbamates (subject to hydrolysis) is 1. The number of anilines is 2. The van der Waals surface area contributed by atoms with Crippen LogP contribution in [0.25, 0.3) is 0 Å². The van der Waals surface area contributed by atoms with Crippen molar-refractivity contribution in [2.45, 2.75) is 19.4 Å². The molecular formula is C25H29ClF2N6O6. The molecule has 0 saturated carbocycles. The highest BCUT2D eigenvalue weighted by atomic mass is 35.5. The maximum atomic E-state index is 15.1. The van der Waals surface area contributed by atoms with Gasteiger partial charge < -0.3 is 30.3 Å². The number of pyridine rings is 1. The van der Waals surface area contributed by atoms with E-state index >= 15 is 8.78 Å². The van der Waals surface area contributed by atoms with Crippen LogP contribution in [-0.4, -0.2) is 86.4 Å². The summed E-state index contributed by atoms with van der Waals surface area (Å²) in [5.41, 5.74) is 4.68. The molecule has 216 valence electrons. The van der Waals surface area contributed by atoms with Gasteiger partial charge in [-0.1, -0.05) is 17.7 Å². The number of piperazine rings is 1. The topological polar surface area (TPSA) is 147 Å². The largest absolute Gasteiger partial charge is 0.450 e. The van der Waals surface area contributed by atoms with Crippen molar-refractivity contribution in [3.05, 3.63) is 52.8 Å². The molecule has 0 spiro atoms. The van der Waals surface area contributed by atoms with E-state index in [-0.39, 0.29) is 62.9 Å². The number of ether oxygens (including phenoxy) is 2. The predicted octanol–water partition coefficient (Wildman–Crippen LogP) is 2.08. The van der Waals surface area contributed by atoms with E-state index < -0.39 is 29.9 Å². The van der Waals surface area contributed by atoms with Crippen LogP contribution >= 0.6 is 11.6 Å². The maximum Gasteiger partial charge on any atom is 0.414 e. The zero-order chi connectivity index (χ0) is 29.2. The first-order chi connectivity index (χ1) is 19.2. The zero-order valence-corrected chi connectivity index (χ0v) is 22.4. The lowest BCUT2D eigenvalue weighted by atomic mass is 10.1. The minimum Gasteiger partial charge on any atom is -0.450 e. The molecule has 3 heterocycles. The van der Waals surface area contributed by atoms with Crippen LogP contribution in [0.2, 0.25) is 5.15 Å². The van der Waals surface area contributed by atoms with E-state index in [0.717, 1.165) is 22.6 Å². The Hall–Kier alpha value is -4.20. The van der Waals surface area contributed by atoms with Gasteiger partial charge in [-0.2, -0.15) is 0 Å². The third-order valence-corrected chi connectivity index (χ3v) is 6.25. The molecule has 4 amide bonds. The minimum atomic E-state index is -0.831. The van der Waals surface area contributed by atoms with Crippen LogP contribution in [0.1, 0.15) is 12.5 Å². The van der Waals surface area contributed by atoms with Crippen molar-refractivity contribution in [1.29, 1.82) is 0 Å². The molecule has 2 aliphatic rings. The van der Waals surface area contributed by atoms with Crippen LogP contribution in [-0.2, 0) is 25.5 Å². The Labute approximate surface area is 233 Å². The molecule has 1 unspecified atom stereocenters. The predicted molar refractivity (Wildman–Crippen MR) is 141 cm³/mol. The van der Waals surface area contributed by atoms with Gasteiger partial charge in [-0.05, 0) is 18.6 Å². The Kier molecular flexibility index (Phi) is 10.8. The highest BCUT2D eigenvalue weighted by Gasteiger charge is 2.34. The minimum absolute atomic E-state index is 0.00164. The molecular weight excluding hydrogens is 554 g/mol. The van der Waals surface area contributed by atoms with Crippen LogP contribution in [0.3, 0.4) is 0 Å². The molecule has 2 saturated heterocycles. The zero-order valence-electron chi connectivity index (χ0n) is 21.6. The fourth-order valence-electron chi connectivity index (χ4n) is 4.20. The van der Waals surface area contributed by atoms with Gasteiger partial charge in [0.15, 0.2) is 11.6 Å². The van der Waals surface area contributed by atoms with E-state index in [2.05, 4.69) is 16.0 Å². The monoisotopic (exact) mass is 582 g/mol. The van der Waals surface area contributed by atoms with Crippen molar-refractivity contribution in [2.24, 2.45) is 5.73 Å². The van der Waals surface area contributed by atoms with Crippen molar-refractivity contribution in [3.63, 3.8) is 0 Å². The number of aromatic nitrogens is 1. The number of hydrogen-bond acceptors (Lipinski definition) is 8. The summed E-state index contributed by atoms with van der Waals surface area (Å²) in [6, 6.07) is 5.49. The number of nitrogens with two attached hydrogens (primary N) is 1. The summed E-state index contributed by atoms with van der Waals surface area (Å²) in [5.74, 6) is -1.77. The molecule has 4 rings (SSSR count). The van der Waals surface area contributed by atoms with Crippen molar-refractivity contribution in [2.75, 3.05) is 55.7 Å². The number of hydrogen-bond donors (Lipinski definition) is 2. The van der Waals surface area contributed by atoms with Crippen LogP contribution < -0.4 is 20.9 Å². The second kappa shape index (κ2) is 14.3. The Bertz CT molecular complexity index is 1190. The molecule has 2 aliphatic heterocycles. The van der Waals surface area contributed by atoms with Gasteiger partial charge in [0.25, 0.3) is 0 Å². The van der Waals surface area contributed by atoms with Gasteiger partial charge in [0.2, 0.25) is 12.3 Å². The Balaban J connectivity index is 0.00000141. The number of nitrogens with one attached hydrogen (secondary N) is 1. The Morgan fingerprint density at radius 3 is 2.45 bits per heavy atom. The van der Waals surface area contributed by atoms with Gasteiger partial charge in [-0.3, -0.25) is 14.5 Å². The van der Waals surface area contributed by atoms with Crippen molar-refractivity contribution in [1.82, 2.24) is 15.2 Å². The third-order valence-electron chi connectivity index (χ3n) is 6.03. The summed E-state index contributed by atoms with van der Waals surface area (Å²) in [4.78, 5) is 53.2. The van der Waals surface area contributed by atoms with E-state index in [0.29, 0.717) is 18.2 Å². The van der Waals surface area contributed by atoms with E-state index in [1.54, 1.807) is 24.0 Å². The first-order valence-electron chi connectivity index (χ1n) is 12.3. The molecule has 0 radical (unpaired) electrons. The average molecular weight is 583 g/mol. The summed E-state index contributed by atoms with van der Waals surface area (Å²) in [5, 5.41) is 2.80. The number of halogens is 3. The van der Waals surface area contributed by atoms with Crippen molar-refractivity contribution >= 4 is 47.5 Å². The number of amides is 4. The summed E-state index contributed by atoms with van der Waals surface area (Å²) in [6.45, 7) is 2.94. The fourth-order valence-corrected chi connectivity index (χ4v) is 4.32. The molecule has 12 nitrogen and oxygen atoms in total. The molecule has 15 heteroatoms. The lowest BCUT2D eigenvalue weighted by molar-refractivity contribution is -0.130. The number of benzene rings is 1. The number of carbonyl (C=O) groups excluding carboxylic acids is 4. The van der Waals surface area contributed by atoms with Crippen LogP contribution in [0.4, 0.5) is 29.7 Å². The van der Waals surface area contributed by atoms with Crippen molar-refractivity contribution in [3.8, 4) is 0 Å². The molecule has 0 bridgehead atoms. The Morgan fingerprint density at radius 2 is 1.88 bits per heavy atom. The fraction of sp³-hybridized carbons (Fsp3) is 0.400. The lowest BCUT2D eigenvalue weighted by Gasteiger charge is -2.36. The number of carbonyl (C=O) groups is 4. The van der Waals surface area contributed by atoms with Gasteiger partial charge in [-0.25, -0.2) is 23.4 Å². The summed E-state index contributed by atoms with van der Waals surface area (Å²) < 4.78 is 40.0. The van der Waals surface area contributed by atoms with Gasteiger partial charge in [0.05, 0.1) is 31.8 Å². The molecule has 2 fully saturated rings. The van der Waals surface area contributed by atoms with Crippen LogP contribution in [0.15, 0.2) is 30.5 Å². The number of primary amides is 1. The molecule has 0 aliphatic carbocycles. The van der Waals surface area contributed by atoms with Gasteiger partial charge >= 0.3 is 12.2 Å². The number of nitrogens with zero attached hydrogens (tertiary/aromatic N) is 4. The van der Waals surface area contributed by atoms with Crippen LogP contribution in [0, 0.1) is 11.6 Å². The molecule has 3 N–H and O–H groups in total. The lowest BCUT2D eigenvalue weighted by Crippen LogP contribution is -2.49. The number of cyclic esters (lactones) is 1. The highest BCUT2D eigenvalue weighted by Crippen LogP contribution is 2.31. The molecule has 1 aromatic carbocycles. The molecule has 2 aromatic rings. The van der Waals surface area contributed by atoms with Crippen LogP contribution in [0.5, 0.6) is 0 Å². The second-order valence-corrected chi connectivity index (χ2v) is 9.03. The van der Waals surface area contributed by atoms with Gasteiger partial charge in [0.1, 0.15) is 16.9 Å². The normalized spacial score (nSPS) is 16.6. The summed E-state index contributed by atoms with van der Waals surface area (Å²) in [7, 11) is 0. The number of rotatable bonds is 7. The van der Waals surface area contributed by atoms with Gasteiger partial charge in [0, 0.05) is 44.5 Å². The second-order valence-electron chi connectivity index (χ2n) is 8.65. The standard InChI is InChI=1S/C24H26ClF2N5O5.CH3NO/c1-2-36-23(34)29-13-17-14-32(24(35)37-17)16-10-18(26)22(19(27)11-16)31-7-5-30(6-8-31)21(33)9-15-3-4-20(25)28-12-15;2-1-3/h3-4,10-12,17H,2,5-9,13-14H2,1H3,(H,29,34);1H,(H2,2,3). The van der Waals surface area contributed by atoms with Crippen molar-refractivity contribution < 1.29 is 37.4 Å². The van der Waals surface area contributed by atoms with E-state index in [4.69, 9.17) is 25.9 Å². The summed E-state index contributed by atoms with van der Waals surface area (Å²) in [6.07, 6.45) is -0.175. The summed E-state index contributed by atoms with van der Waals surface area (Å²) >= 11 is 5.77. The SMILES string of the molecule is CCOC(=O)NCC1CN(c2cc(F)c(N3CCN(C(=O)Cc4ccc(Cl)nc4)CC3)c(F)c2)C(=O)O1.NC=O. The molecule has 1 atom stereocenters. The average Bonchev–Trinajstić information content (AvgIpc) is 3.30. The van der Waals surface area contributed by atoms with E-state index in [9.17, 15) is 14.4 Å². The van der Waals surface area contributed by atoms with Gasteiger partial charge in [-0.15, -0.1) is 0 Å². The highest BCUT2D eigenvalue weighted by molar-refractivity contribution is 6.29. The molecule has 40 heavy (non-hydrogen) atoms. The maximum absolute atomic E-state index is 15.1. The third kappa shape index (κ3) is 7.91. The Morgan fingerprint density at radius 1 is 1.23 bits per heavy atom.